The highest BCUT2D eigenvalue weighted by molar-refractivity contribution is 6.40. The molecule has 2 aromatic heterocycles. The average molecular weight is 433 g/mol. The van der Waals surface area contributed by atoms with Gasteiger partial charge in [0.05, 0.1) is 10.7 Å². The molecular formula is C23H21ClN6O. The SMILES string of the molecule is CNc1ncc2c(n1)N1CCCN=C1C(c1ccc(-n3cccc(C)c3=O)cc1Cl)=C2. The van der Waals surface area contributed by atoms with Crippen molar-refractivity contribution in [1.29, 1.82) is 0 Å². The molecule has 0 aliphatic carbocycles. The first kappa shape index (κ1) is 19.5. The molecule has 1 aromatic carbocycles. The summed E-state index contributed by atoms with van der Waals surface area (Å²) in [4.78, 5) is 28.4. The van der Waals surface area contributed by atoms with Gasteiger partial charge in [-0.1, -0.05) is 23.7 Å². The fourth-order valence-corrected chi connectivity index (χ4v) is 4.24. The normalized spacial score (nSPS) is 15.0. The average Bonchev–Trinajstić information content (AvgIpc) is 2.80. The Morgan fingerprint density at radius 3 is 2.90 bits per heavy atom. The van der Waals surface area contributed by atoms with Crippen molar-refractivity contribution in [2.45, 2.75) is 13.3 Å². The number of aromatic nitrogens is 3. The number of anilines is 2. The molecule has 4 heterocycles. The summed E-state index contributed by atoms with van der Waals surface area (Å²) in [5, 5.41) is 3.55. The molecule has 2 aliphatic rings. The molecule has 0 bridgehead atoms. The number of halogens is 1. The molecule has 0 spiro atoms. The third-order valence-corrected chi connectivity index (χ3v) is 5.84. The highest BCUT2D eigenvalue weighted by Gasteiger charge is 2.30. The predicted octanol–water partition coefficient (Wildman–Crippen LogP) is 3.79. The lowest BCUT2D eigenvalue weighted by molar-refractivity contribution is 0.784. The predicted molar refractivity (Wildman–Crippen MR) is 126 cm³/mol. The molecule has 0 saturated carbocycles. The lowest BCUT2D eigenvalue weighted by Gasteiger charge is -2.34. The van der Waals surface area contributed by atoms with Gasteiger partial charge in [-0.3, -0.25) is 14.4 Å². The Labute approximate surface area is 184 Å². The molecule has 0 amide bonds. The van der Waals surface area contributed by atoms with Crippen LogP contribution in [0.2, 0.25) is 5.02 Å². The van der Waals surface area contributed by atoms with Crippen molar-refractivity contribution in [3.05, 3.63) is 74.8 Å². The second kappa shape index (κ2) is 7.67. The van der Waals surface area contributed by atoms with Gasteiger partial charge in [0.1, 0.15) is 11.7 Å². The topological polar surface area (TPSA) is 75.4 Å². The minimum atomic E-state index is -0.0579. The Morgan fingerprint density at radius 1 is 1.23 bits per heavy atom. The Morgan fingerprint density at radius 2 is 2.10 bits per heavy atom. The lowest BCUT2D eigenvalue weighted by atomic mass is 9.96. The molecule has 0 saturated heterocycles. The van der Waals surface area contributed by atoms with Crippen molar-refractivity contribution in [2.24, 2.45) is 4.99 Å². The number of rotatable bonds is 3. The fraction of sp³-hybridized carbons (Fsp3) is 0.217. The number of benzene rings is 1. The van der Waals surface area contributed by atoms with E-state index in [0.717, 1.165) is 53.6 Å². The zero-order valence-corrected chi connectivity index (χ0v) is 18.0. The summed E-state index contributed by atoms with van der Waals surface area (Å²) >= 11 is 6.74. The molecule has 3 aromatic rings. The molecule has 0 atom stereocenters. The molecular weight excluding hydrogens is 412 g/mol. The first-order valence-electron chi connectivity index (χ1n) is 10.1. The molecule has 156 valence electrons. The quantitative estimate of drug-likeness (QED) is 0.681. The molecule has 1 N–H and O–H groups in total. The van der Waals surface area contributed by atoms with Crippen LogP contribution in [0, 0.1) is 6.92 Å². The van der Waals surface area contributed by atoms with E-state index in [1.165, 1.54) is 0 Å². The third kappa shape index (κ3) is 3.31. The van der Waals surface area contributed by atoms with Crippen molar-refractivity contribution in [1.82, 2.24) is 14.5 Å². The summed E-state index contributed by atoms with van der Waals surface area (Å²) < 4.78 is 1.60. The van der Waals surface area contributed by atoms with E-state index < -0.39 is 0 Å². The summed E-state index contributed by atoms with van der Waals surface area (Å²) in [6.07, 6.45) is 6.56. The monoisotopic (exact) mass is 432 g/mol. The van der Waals surface area contributed by atoms with Crippen LogP contribution in [-0.4, -0.2) is 40.5 Å². The van der Waals surface area contributed by atoms with Gasteiger partial charge in [-0.25, -0.2) is 4.98 Å². The van der Waals surface area contributed by atoms with Crippen molar-refractivity contribution in [2.75, 3.05) is 30.4 Å². The number of nitrogens with one attached hydrogen (secondary N) is 1. The standard InChI is InChI=1S/C23H21ClN6O/c1-14-5-3-9-29(22(14)31)16-6-7-17(19(24)12-16)18-11-15-13-27-23(25-2)28-20(15)30-10-4-8-26-21(18)30/h3,5-7,9,11-13H,4,8,10H2,1-2H3,(H,25,27,28). The van der Waals surface area contributed by atoms with Gasteiger partial charge < -0.3 is 10.2 Å². The number of fused-ring (bicyclic) bond motifs is 3. The van der Waals surface area contributed by atoms with E-state index in [-0.39, 0.29) is 5.56 Å². The van der Waals surface area contributed by atoms with Crippen molar-refractivity contribution >= 4 is 40.9 Å². The number of pyridine rings is 1. The molecule has 5 rings (SSSR count). The van der Waals surface area contributed by atoms with Crippen LogP contribution in [0.4, 0.5) is 11.8 Å². The van der Waals surface area contributed by atoms with E-state index in [1.807, 2.05) is 36.5 Å². The zero-order valence-electron chi connectivity index (χ0n) is 17.3. The minimum absolute atomic E-state index is 0.0579. The summed E-state index contributed by atoms with van der Waals surface area (Å²) in [7, 11) is 1.80. The van der Waals surface area contributed by atoms with Gasteiger partial charge in [0, 0.05) is 54.8 Å². The Hall–Kier alpha value is -3.45. The van der Waals surface area contributed by atoms with E-state index in [0.29, 0.717) is 16.5 Å². The van der Waals surface area contributed by atoms with E-state index in [9.17, 15) is 4.79 Å². The minimum Gasteiger partial charge on any atom is -0.357 e. The van der Waals surface area contributed by atoms with Gasteiger partial charge in [0.15, 0.2) is 0 Å². The van der Waals surface area contributed by atoms with Crippen LogP contribution in [0.3, 0.4) is 0 Å². The van der Waals surface area contributed by atoms with Crippen molar-refractivity contribution < 1.29 is 0 Å². The molecule has 0 radical (unpaired) electrons. The smallest absolute Gasteiger partial charge is 0.257 e. The van der Waals surface area contributed by atoms with Crippen molar-refractivity contribution in [3.63, 3.8) is 0 Å². The first-order chi connectivity index (χ1) is 15.1. The maximum absolute atomic E-state index is 12.5. The van der Waals surface area contributed by atoms with Crippen LogP contribution in [-0.2, 0) is 0 Å². The van der Waals surface area contributed by atoms with Gasteiger partial charge in [-0.2, -0.15) is 4.98 Å². The van der Waals surface area contributed by atoms with Crippen LogP contribution in [0.25, 0.3) is 17.3 Å². The number of amidine groups is 1. The largest absolute Gasteiger partial charge is 0.357 e. The van der Waals surface area contributed by atoms with Crippen LogP contribution in [0.5, 0.6) is 0 Å². The summed E-state index contributed by atoms with van der Waals surface area (Å²) in [5.41, 5.74) is 4.06. The Balaban J connectivity index is 1.63. The second-order valence-electron chi connectivity index (χ2n) is 7.52. The van der Waals surface area contributed by atoms with Crippen LogP contribution < -0.4 is 15.8 Å². The van der Waals surface area contributed by atoms with E-state index in [1.54, 1.807) is 30.8 Å². The fourth-order valence-electron chi connectivity index (χ4n) is 3.96. The first-order valence-corrected chi connectivity index (χ1v) is 10.5. The van der Waals surface area contributed by atoms with Gasteiger partial charge in [-0.05, 0) is 37.6 Å². The number of aliphatic imine (C=N–C) groups is 1. The van der Waals surface area contributed by atoms with Crippen molar-refractivity contribution in [3.8, 4) is 5.69 Å². The number of hydrogen-bond donors (Lipinski definition) is 1. The molecule has 0 fully saturated rings. The molecule has 7 nitrogen and oxygen atoms in total. The highest BCUT2D eigenvalue weighted by atomic mass is 35.5. The summed E-state index contributed by atoms with van der Waals surface area (Å²) in [6.45, 7) is 3.39. The Kier molecular flexibility index (Phi) is 4.82. The molecule has 31 heavy (non-hydrogen) atoms. The zero-order chi connectivity index (χ0) is 21.5. The summed E-state index contributed by atoms with van der Waals surface area (Å²) in [6, 6.07) is 9.33. The molecule has 0 unspecified atom stereocenters. The number of hydrogen-bond acceptors (Lipinski definition) is 6. The summed E-state index contributed by atoms with van der Waals surface area (Å²) in [5.74, 6) is 2.29. The van der Waals surface area contributed by atoms with Gasteiger partial charge in [0.2, 0.25) is 5.95 Å². The Bertz CT molecular complexity index is 1310. The highest BCUT2D eigenvalue weighted by Crippen LogP contribution is 2.37. The van der Waals surface area contributed by atoms with E-state index in [2.05, 4.69) is 20.2 Å². The van der Waals surface area contributed by atoms with Gasteiger partial charge in [0.25, 0.3) is 5.56 Å². The second-order valence-corrected chi connectivity index (χ2v) is 7.93. The maximum Gasteiger partial charge on any atom is 0.257 e. The van der Waals surface area contributed by atoms with Crippen LogP contribution in [0.1, 0.15) is 23.1 Å². The number of aryl methyl sites for hydroxylation is 1. The van der Waals surface area contributed by atoms with E-state index >= 15 is 0 Å². The molecule has 2 aliphatic heterocycles. The third-order valence-electron chi connectivity index (χ3n) is 5.53. The van der Waals surface area contributed by atoms with Crippen LogP contribution >= 0.6 is 11.6 Å². The van der Waals surface area contributed by atoms with Crippen LogP contribution in [0.15, 0.2) is 52.5 Å². The van der Waals surface area contributed by atoms with Gasteiger partial charge in [-0.15, -0.1) is 0 Å². The van der Waals surface area contributed by atoms with Gasteiger partial charge >= 0.3 is 0 Å². The number of nitrogens with zero attached hydrogens (tertiary/aromatic N) is 5. The van der Waals surface area contributed by atoms with E-state index in [4.69, 9.17) is 16.6 Å². The maximum atomic E-state index is 12.5. The lowest BCUT2D eigenvalue weighted by Crippen LogP contribution is -2.39. The molecule has 8 heteroatoms.